The number of carbonyl (C=O) groups is 4. The summed E-state index contributed by atoms with van der Waals surface area (Å²) in [4.78, 5) is 54.2. The minimum Gasteiger partial charge on any atom is -0.451 e. The normalized spacial score (nSPS) is 11.7. The smallest absolute Gasteiger partial charge is 0.339 e. The van der Waals surface area contributed by atoms with Gasteiger partial charge in [0.15, 0.2) is 11.9 Å². The number of ether oxygens (including phenoxy) is 1. The van der Waals surface area contributed by atoms with Gasteiger partial charge in [-0.25, -0.2) is 4.79 Å². The highest BCUT2D eigenvalue weighted by Crippen LogP contribution is 2.25. The predicted molar refractivity (Wildman–Crippen MR) is 115 cm³/mol. The number of H-pyrrole nitrogens is 1. The van der Waals surface area contributed by atoms with Crippen LogP contribution in [0.3, 0.4) is 0 Å². The number of esters is 1. The zero-order valence-electron chi connectivity index (χ0n) is 18.0. The van der Waals surface area contributed by atoms with Crippen molar-refractivity contribution < 1.29 is 23.9 Å². The van der Waals surface area contributed by atoms with E-state index in [0.29, 0.717) is 21.7 Å². The third-order valence-corrected chi connectivity index (χ3v) is 5.70. The second-order valence-electron chi connectivity index (χ2n) is 7.17. The molecule has 0 bridgehead atoms. The summed E-state index contributed by atoms with van der Waals surface area (Å²) >= 11 is 1.23. The first-order valence-corrected chi connectivity index (χ1v) is 10.4. The molecule has 0 spiro atoms. The summed E-state index contributed by atoms with van der Waals surface area (Å²) in [5, 5.41) is 0. The van der Waals surface area contributed by atoms with E-state index in [1.165, 1.54) is 30.5 Å². The van der Waals surface area contributed by atoms with Crippen molar-refractivity contribution in [2.45, 2.75) is 38.7 Å². The minimum absolute atomic E-state index is 0.0782. The van der Waals surface area contributed by atoms with Gasteiger partial charge in [0.25, 0.3) is 0 Å². The minimum atomic E-state index is -1.05. The molecule has 0 radical (unpaired) electrons. The fraction of sp³-hybridized carbons (Fsp3) is 0.364. The Bertz CT molecular complexity index is 993. The number of aromatic nitrogens is 1. The molecule has 2 rings (SSSR count). The Morgan fingerprint density at radius 1 is 1.13 bits per heavy atom. The lowest BCUT2D eigenvalue weighted by Gasteiger charge is -2.15. The summed E-state index contributed by atoms with van der Waals surface area (Å²) in [5.74, 6) is -1.09. The lowest BCUT2D eigenvalue weighted by Crippen LogP contribution is -2.26. The van der Waals surface area contributed by atoms with Gasteiger partial charge in [-0.2, -0.15) is 0 Å². The summed E-state index contributed by atoms with van der Waals surface area (Å²) < 4.78 is 5.41. The molecule has 1 aromatic carbocycles. The number of aromatic amines is 1. The van der Waals surface area contributed by atoms with Crippen LogP contribution in [0.5, 0.6) is 0 Å². The van der Waals surface area contributed by atoms with E-state index in [9.17, 15) is 19.2 Å². The van der Waals surface area contributed by atoms with Gasteiger partial charge in [0.05, 0.1) is 17.0 Å². The molecule has 7 nitrogen and oxygen atoms in total. The molecule has 0 aliphatic rings. The Morgan fingerprint density at radius 2 is 1.77 bits per heavy atom. The Kier molecular flexibility index (Phi) is 7.61. The molecule has 1 N–H and O–H groups in total. The Hall–Kier alpha value is -2.87. The number of thioether (sulfide) groups is 1. The summed E-state index contributed by atoms with van der Waals surface area (Å²) in [7, 11) is 3.33. The molecule has 0 aliphatic heterocycles. The Balaban J connectivity index is 2.17. The van der Waals surface area contributed by atoms with E-state index in [1.54, 1.807) is 52.2 Å². The number of Topliss-reactive ketones (excluding diaryl/α,β-unsaturated/α-hetero) is 2. The van der Waals surface area contributed by atoms with Crippen molar-refractivity contribution in [2.75, 3.05) is 19.8 Å². The molecule has 160 valence electrons. The molecule has 1 amide bonds. The summed E-state index contributed by atoms with van der Waals surface area (Å²) in [6, 6.07) is 6.79. The van der Waals surface area contributed by atoms with Gasteiger partial charge in [0.1, 0.15) is 0 Å². The fourth-order valence-corrected chi connectivity index (χ4v) is 4.05. The number of ketones is 2. The van der Waals surface area contributed by atoms with Crippen molar-refractivity contribution in [3.8, 4) is 0 Å². The van der Waals surface area contributed by atoms with Crippen LogP contribution in [0.25, 0.3) is 0 Å². The van der Waals surface area contributed by atoms with Gasteiger partial charge in [0, 0.05) is 30.2 Å². The second kappa shape index (κ2) is 9.75. The number of aryl methyl sites for hydroxylation is 1. The highest BCUT2D eigenvalue weighted by molar-refractivity contribution is 8.00. The molecule has 2 aromatic rings. The van der Waals surface area contributed by atoms with Crippen LogP contribution in [-0.4, -0.2) is 59.3 Å². The van der Waals surface area contributed by atoms with Crippen LogP contribution < -0.4 is 0 Å². The molecular weight excluding hydrogens is 404 g/mol. The van der Waals surface area contributed by atoms with E-state index >= 15 is 0 Å². The largest absolute Gasteiger partial charge is 0.451 e. The molecule has 1 atom stereocenters. The number of hydrogen-bond acceptors (Lipinski definition) is 6. The van der Waals surface area contributed by atoms with E-state index in [1.807, 2.05) is 0 Å². The van der Waals surface area contributed by atoms with Crippen LogP contribution in [0.4, 0.5) is 0 Å². The van der Waals surface area contributed by atoms with Gasteiger partial charge >= 0.3 is 5.97 Å². The molecule has 0 aliphatic carbocycles. The summed E-state index contributed by atoms with van der Waals surface area (Å²) in [5.41, 5.74) is 2.18. The number of hydrogen-bond donors (Lipinski definition) is 1. The average Bonchev–Trinajstić information content (AvgIpc) is 2.99. The van der Waals surface area contributed by atoms with E-state index in [-0.39, 0.29) is 28.7 Å². The monoisotopic (exact) mass is 430 g/mol. The van der Waals surface area contributed by atoms with Crippen molar-refractivity contribution in [1.82, 2.24) is 9.88 Å². The summed E-state index contributed by atoms with van der Waals surface area (Å²) in [6.45, 7) is 6.35. The molecule has 0 saturated heterocycles. The molecule has 1 unspecified atom stereocenters. The predicted octanol–water partition coefficient (Wildman–Crippen LogP) is 3.44. The first-order valence-electron chi connectivity index (χ1n) is 9.41. The number of rotatable bonds is 8. The maximum atomic E-state index is 12.8. The first kappa shape index (κ1) is 23.4. The van der Waals surface area contributed by atoms with Gasteiger partial charge < -0.3 is 14.6 Å². The molecule has 1 heterocycles. The standard InChI is InChI=1S/C22H26N2O5S/c1-12-19(14(3)25)13(2)23-20(12)21(27)15(4)29-22(28)16-9-7-8-10-17(16)30-11-18(26)24(5)6/h7-10,15,23H,11H2,1-6H3. The lowest BCUT2D eigenvalue weighted by molar-refractivity contribution is -0.125. The van der Waals surface area contributed by atoms with Crippen LogP contribution >= 0.6 is 11.8 Å². The zero-order valence-corrected chi connectivity index (χ0v) is 18.8. The quantitative estimate of drug-likeness (QED) is 0.391. The number of nitrogens with one attached hydrogen (secondary N) is 1. The average molecular weight is 431 g/mol. The second-order valence-corrected chi connectivity index (χ2v) is 8.18. The molecule has 1 aromatic heterocycles. The van der Waals surface area contributed by atoms with Crippen LogP contribution in [0, 0.1) is 13.8 Å². The van der Waals surface area contributed by atoms with Crippen molar-refractivity contribution >= 4 is 35.2 Å². The number of carbonyl (C=O) groups excluding carboxylic acids is 4. The topological polar surface area (TPSA) is 96.5 Å². The van der Waals surface area contributed by atoms with Crippen molar-refractivity contribution in [2.24, 2.45) is 0 Å². The van der Waals surface area contributed by atoms with Crippen LogP contribution in [0.1, 0.15) is 56.3 Å². The van der Waals surface area contributed by atoms with Crippen LogP contribution in [0.15, 0.2) is 29.2 Å². The van der Waals surface area contributed by atoms with Gasteiger partial charge in [-0.15, -0.1) is 11.8 Å². The SMILES string of the molecule is CC(=O)c1c(C)[nH]c(C(=O)C(C)OC(=O)c2ccccc2SCC(=O)N(C)C)c1C. The molecule has 0 fully saturated rings. The lowest BCUT2D eigenvalue weighted by atomic mass is 10.0. The highest BCUT2D eigenvalue weighted by atomic mass is 32.2. The number of nitrogens with zero attached hydrogens (tertiary/aromatic N) is 1. The Labute approximate surface area is 180 Å². The van der Waals surface area contributed by atoms with Gasteiger partial charge in [-0.05, 0) is 45.4 Å². The van der Waals surface area contributed by atoms with Gasteiger partial charge in [-0.3, -0.25) is 14.4 Å². The third-order valence-electron chi connectivity index (χ3n) is 4.65. The molecular formula is C22H26N2O5S. The number of amides is 1. The Morgan fingerprint density at radius 3 is 2.33 bits per heavy atom. The fourth-order valence-electron chi connectivity index (χ4n) is 3.04. The zero-order chi connectivity index (χ0) is 22.6. The van der Waals surface area contributed by atoms with E-state index in [4.69, 9.17) is 4.74 Å². The maximum absolute atomic E-state index is 12.8. The summed E-state index contributed by atoms with van der Waals surface area (Å²) in [6.07, 6.45) is -1.05. The van der Waals surface area contributed by atoms with E-state index < -0.39 is 17.9 Å². The van der Waals surface area contributed by atoms with Crippen LogP contribution in [-0.2, 0) is 9.53 Å². The maximum Gasteiger partial charge on any atom is 0.339 e. The van der Waals surface area contributed by atoms with Crippen molar-refractivity contribution in [1.29, 1.82) is 0 Å². The highest BCUT2D eigenvalue weighted by Gasteiger charge is 2.27. The van der Waals surface area contributed by atoms with Crippen LogP contribution in [0.2, 0.25) is 0 Å². The molecule has 30 heavy (non-hydrogen) atoms. The van der Waals surface area contributed by atoms with E-state index in [2.05, 4.69) is 4.98 Å². The molecule has 8 heteroatoms. The first-order chi connectivity index (χ1) is 14.0. The van der Waals surface area contributed by atoms with Crippen molar-refractivity contribution in [3.63, 3.8) is 0 Å². The van der Waals surface area contributed by atoms with Gasteiger partial charge in [-0.1, -0.05) is 12.1 Å². The van der Waals surface area contributed by atoms with Crippen molar-refractivity contribution in [3.05, 3.63) is 52.3 Å². The van der Waals surface area contributed by atoms with Gasteiger partial charge in [0.2, 0.25) is 11.7 Å². The molecule has 0 saturated carbocycles. The number of benzene rings is 1. The third kappa shape index (κ3) is 5.18. The van der Waals surface area contributed by atoms with E-state index in [0.717, 1.165) is 0 Å².